The first-order valence-corrected chi connectivity index (χ1v) is 7.44. The summed E-state index contributed by atoms with van der Waals surface area (Å²) in [4.78, 5) is 0. The molecule has 0 aromatic heterocycles. The molecule has 0 amide bonds. The molecule has 4 nitrogen and oxygen atoms in total. The molecule has 2 fully saturated rings. The van der Waals surface area contributed by atoms with Gasteiger partial charge < -0.3 is 5.32 Å². The van der Waals surface area contributed by atoms with Crippen molar-refractivity contribution in [2.45, 2.75) is 44.7 Å². The Labute approximate surface area is 91.9 Å². The van der Waals surface area contributed by atoms with Crippen LogP contribution in [0.4, 0.5) is 0 Å². The molecule has 0 aromatic rings. The minimum absolute atomic E-state index is 0.167. The van der Waals surface area contributed by atoms with Crippen molar-refractivity contribution in [1.29, 1.82) is 0 Å². The maximum atomic E-state index is 11.7. The smallest absolute Gasteiger partial charge is 0.213 e. The van der Waals surface area contributed by atoms with Gasteiger partial charge >= 0.3 is 0 Å². The predicted molar refractivity (Wildman–Crippen MR) is 60.1 cm³/mol. The van der Waals surface area contributed by atoms with Gasteiger partial charge in [0.05, 0.1) is 5.75 Å². The van der Waals surface area contributed by atoms with Gasteiger partial charge in [0.25, 0.3) is 0 Å². The van der Waals surface area contributed by atoms with Gasteiger partial charge in [-0.15, -0.1) is 0 Å². The van der Waals surface area contributed by atoms with E-state index in [1.807, 2.05) is 0 Å². The van der Waals surface area contributed by atoms with E-state index < -0.39 is 10.0 Å². The minimum Gasteiger partial charge on any atom is -0.313 e. The molecule has 2 N–H and O–H groups in total. The van der Waals surface area contributed by atoms with Gasteiger partial charge in [-0.3, -0.25) is 0 Å². The fourth-order valence-electron chi connectivity index (χ4n) is 2.46. The van der Waals surface area contributed by atoms with Crippen molar-refractivity contribution in [3.8, 4) is 0 Å². The fraction of sp³-hybridized carbons (Fsp3) is 1.00. The van der Waals surface area contributed by atoms with Crippen LogP contribution in [0.2, 0.25) is 0 Å². The molecular formula is C10H20N2O2S. The molecule has 1 saturated carbocycles. The Morgan fingerprint density at radius 3 is 2.67 bits per heavy atom. The Hall–Kier alpha value is -0.130. The average Bonchev–Trinajstić information content (AvgIpc) is 2.52. The third-order valence-electron chi connectivity index (χ3n) is 3.30. The standard InChI is InChI=1S/C10H20N2O2S/c1-8-5-10(6-8)12-15(13,14)7-9-3-2-4-11-9/h8-12H,2-7H2,1H3. The van der Waals surface area contributed by atoms with E-state index in [4.69, 9.17) is 0 Å². The van der Waals surface area contributed by atoms with E-state index >= 15 is 0 Å². The predicted octanol–water partition coefficient (Wildman–Crippen LogP) is 0.456. The van der Waals surface area contributed by atoms with E-state index in [0.717, 1.165) is 32.2 Å². The van der Waals surface area contributed by atoms with Crippen molar-refractivity contribution >= 4 is 10.0 Å². The molecule has 88 valence electrons. The number of nitrogens with one attached hydrogen (secondary N) is 2. The molecule has 0 bridgehead atoms. The molecule has 2 aliphatic rings. The quantitative estimate of drug-likeness (QED) is 0.740. The summed E-state index contributed by atoms with van der Waals surface area (Å²) < 4.78 is 26.3. The molecule has 1 saturated heterocycles. The molecule has 1 unspecified atom stereocenters. The average molecular weight is 232 g/mol. The van der Waals surface area contributed by atoms with Crippen LogP contribution in [0.3, 0.4) is 0 Å². The van der Waals surface area contributed by atoms with Crippen LogP contribution in [-0.2, 0) is 10.0 Å². The van der Waals surface area contributed by atoms with Crippen LogP contribution >= 0.6 is 0 Å². The van der Waals surface area contributed by atoms with E-state index in [2.05, 4.69) is 17.0 Å². The van der Waals surface area contributed by atoms with Gasteiger partial charge in [0.1, 0.15) is 0 Å². The van der Waals surface area contributed by atoms with E-state index in [1.54, 1.807) is 0 Å². The third-order valence-corrected chi connectivity index (χ3v) is 4.84. The van der Waals surface area contributed by atoms with Crippen molar-refractivity contribution in [3.05, 3.63) is 0 Å². The van der Waals surface area contributed by atoms with Crippen LogP contribution in [0, 0.1) is 5.92 Å². The SMILES string of the molecule is CC1CC(NS(=O)(=O)CC2CCCN2)C1. The second-order valence-electron chi connectivity index (χ2n) is 4.97. The zero-order chi connectivity index (χ0) is 10.9. The molecule has 0 spiro atoms. The summed E-state index contributed by atoms with van der Waals surface area (Å²) in [6.45, 7) is 3.12. The highest BCUT2D eigenvalue weighted by atomic mass is 32.2. The minimum atomic E-state index is -3.06. The Morgan fingerprint density at radius 2 is 2.13 bits per heavy atom. The Morgan fingerprint density at radius 1 is 1.40 bits per heavy atom. The van der Waals surface area contributed by atoms with Crippen molar-refractivity contribution < 1.29 is 8.42 Å². The number of hydrogen-bond acceptors (Lipinski definition) is 3. The van der Waals surface area contributed by atoms with E-state index in [-0.39, 0.29) is 17.8 Å². The second kappa shape index (κ2) is 4.39. The molecule has 0 aromatic carbocycles. The summed E-state index contributed by atoms with van der Waals surface area (Å²) in [5.41, 5.74) is 0. The summed E-state index contributed by atoms with van der Waals surface area (Å²) in [7, 11) is -3.06. The highest BCUT2D eigenvalue weighted by molar-refractivity contribution is 7.89. The summed E-state index contributed by atoms with van der Waals surface area (Å²) in [5.74, 6) is 0.931. The Balaban J connectivity index is 1.78. The summed E-state index contributed by atoms with van der Waals surface area (Å²) in [5, 5.41) is 3.21. The van der Waals surface area contributed by atoms with Gasteiger partial charge in [0, 0.05) is 12.1 Å². The van der Waals surface area contributed by atoms with Crippen LogP contribution in [0.15, 0.2) is 0 Å². The molecule has 0 radical (unpaired) electrons. The Kier molecular flexibility index (Phi) is 3.33. The molecule has 1 aliphatic heterocycles. The first-order valence-electron chi connectivity index (χ1n) is 5.78. The lowest BCUT2D eigenvalue weighted by Gasteiger charge is -2.33. The van der Waals surface area contributed by atoms with Crippen LogP contribution < -0.4 is 10.0 Å². The lowest BCUT2D eigenvalue weighted by atomic mass is 9.83. The van der Waals surface area contributed by atoms with Crippen molar-refractivity contribution in [2.24, 2.45) is 5.92 Å². The van der Waals surface area contributed by atoms with Crippen LogP contribution in [-0.4, -0.2) is 32.8 Å². The van der Waals surface area contributed by atoms with Crippen molar-refractivity contribution in [3.63, 3.8) is 0 Å². The lowest BCUT2D eigenvalue weighted by molar-refractivity contribution is 0.270. The van der Waals surface area contributed by atoms with Crippen LogP contribution in [0.5, 0.6) is 0 Å². The lowest BCUT2D eigenvalue weighted by Crippen LogP contribution is -2.46. The highest BCUT2D eigenvalue weighted by Crippen LogP contribution is 2.26. The van der Waals surface area contributed by atoms with Gasteiger partial charge in [0.15, 0.2) is 0 Å². The molecule has 15 heavy (non-hydrogen) atoms. The monoisotopic (exact) mass is 232 g/mol. The van der Waals surface area contributed by atoms with Gasteiger partial charge in [0.2, 0.25) is 10.0 Å². The summed E-state index contributed by atoms with van der Waals surface area (Å²) >= 11 is 0. The van der Waals surface area contributed by atoms with Crippen LogP contribution in [0.1, 0.15) is 32.6 Å². The molecule has 1 heterocycles. The summed E-state index contributed by atoms with van der Waals surface area (Å²) in [6.07, 6.45) is 4.08. The first kappa shape index (κ1) is 11.4. The number of hydrogen-bond donors (Lipinski definition) is 2. The van der Waals surface area contributed by atoms with Crippen LogP contribution in [0.25, 0.3) is 0 Å². The molecule has 5 heteroatoms. The number of sulfonamides is 1. The second-order valence-corrected chi connectivity index (χ2v) is 6.76. The third kappa shape index (κ3) is 3.16. The molecule has 1 atom stereocenters. The van der Waals surface area contributed by atoms with Gasteiger partial charge in [-0.2, -0.15) is 0 Å². The van der Waals surface area contributed by atoms with E-state index in [0.29, 0.717) is 5.92 Å². The molecular weight excluding hydrogens is 212 g/mol. The van der Waals surface area contributed by atoms with E-state index in [9.17, 15) is 8.42 Å². The van der Waals surface area contributed by atoms with Crippen molar-refractivity contribution in [1.82, 2.24) is 10.0 Å². The zero-order valence-corrected chi connectivity index (χ0v) is 10.0. The normalized spacial score (nSPS) is 36.5. The van der Waals surface area contributed by atoms with Gasteiger partial charge in [-0.1, -0.05) is 6.92 Å². The topological polar surface area (TPSA) is 58.2 Å². The van der Waals surface area contributed by atoms with Crippen molar-refractivity contribution in [2.75, 3.05) is 12.3 Å². The van der Waals surface area contributed by atoms with Gasteiger partial charge in [-0.25, -0.2) is 13.1 Å². The number of rotatable bonds is 4. The maximum Gasteiger partial charge on any atom is 0.213 e. The first-order chi connectivity index (χ1) is 7.05. The molecule has 2 rings (SSSR count). The molecule has 1 aliphatic carbocycles. The van der Waals surface area contributed by atoms with Gasteiger partial charge in [-0.05, 0) is 38.1 Å². The highest BCUT2D eigenvalue weighted by Gasteiger charge is 2.30. The largest absolute Gasteiger partial charge is 0.313 e. The van der Waals surface area contributed by atoms with E-state index in [1.165, 1.54) is 0 Å². The fourth-order valence-corrected chi connectivity index (χ4v) is 4.08. The Bertz CT molecular complexity index is 303. The maximum absolute atomic E-state index is 11.7. The summed E-state index contributed by atoms with van der Waals surface area (Å²) in [6, 6.07) is 0.367. The zero-order valence-electron chi connectivity index (χ0n) is 9.20.